The standard InChI is InChI=1S/C10H7ClN4O2S/c11-5-1-2-6-9(14-18-13-6)10(5)15-3-7(16)12-8(17)4-15/h1-2H,3-4H2,(H,12,16,17). The highest BCUT2D eigenvalue weighted by Crippen LogP contribution is 2.33. The van der Waals surface area contributed by atoms with Crippen LogP contribution in [0.3, 0.4) is 0 Å². The van der Waals surface area contributed by atoms with Crippen molar-refractivity contribution in [1.82, 2.24) is 14.1 Å². The zero-order valence-electron chi connectivity index (χ0n) is 9.01. The first-order valence-electron chi connectivity index (χ1n) is 5.13. The number of fused-ring (bicyclic) bond motifs is 1. The Morgan fingerprint density at radius 2 is 1.94 bits per heavy atom. The van der Waals surface area contributed by atoms with Crippen LogP contribution in [0.25, 0.3) is 11.0 Å². The lowest BCUT2D eigenvalue weighted by molar-refractivity contribution is -0.130. The number of carbonyl (C=O) groups excluding carboxylic acids is 2. The number of aromatic nitrogens is 2. The van der Waals surface area contributed by atoms with E-state index >= 15 is 0 Å². The molecule has 1 aliphatic heterocycles. The second-order valence-corrected chi connectivity index (χ2v) is 4.79. The number of hydrogen-bond acceptors (Lipinski definition) is 6. The van der Waals surface area contributed by atoms with Crippen LogP contribution in [0, 0.1) is 0 Å². The van der Waals surface area contributed by atoms with Gasteiger partial charge in [-0.15, -0.1) is 0 Å². The van der Waals surface area contributed by atoms with E-state index in [1.54, 1.807) is 17.0 Å². The molecule has 2 amide bonds. The number of anilines is 1. The maximum atomic E-state index is 11.4. The van der Waals surface area contributed by atoms with Gasteiger partial charge in [-0.05, 0) is 12.1 Å². The topological polar surface area (TPSA) is 75.2 Å². The number of nitrogens with zero attached hydrogens (tertiary/aromatic N) is 3. The van der Waals surface area contributed by atoms with Crippen molar-refractivity contribution in [1.29, 1.82) is 0 Å². The number of imide groups is 1. The van der Waals surface area contributed by atoms with Gasteiger partial charge in [0.05, 0.1) is 35.5 Å². The van der Waals surface area contributed by atoms with Crippen LogP contribution in [0.2, 0.25) is 5.02 Å². The summed E-state index contributed by atoms with van der Waals surface area (Å²) in [6.07, 6.45) is 0. The first-order valence-corrected chi connectivity index (χ1v) is 6.24. The van der Waals surface area contributed by atoms with Gasteiger partial charge < -0.3 is 4.90 Å². The fourth-order valence-corrected chi connectivity index (χ4v) is 2.72. The molecule has 1 aliphatic rings. The Morgan fingerprint density at radius 3 is 2.67 bits per heavy atom. The third-order valence-electron chi connectivity index (χ3n) is 2.62. The lowest BCUT2D eigenvalue weighted by Crippen LogP contribution is -2.51. The van der Waals surface area contributed by atoms with Crippen molar-refractivity contribution >= 4 is 51.9 Å². The quantitative estimate of drug-likeness (QED) is 0.784. The summed E-state index contributed by atoms with van der Waals surface area (Å²) in [4.78, 5) is 24.4. The zero-order chi connectivity index (χ0) is 12.7. The molecule has 0 radical (unpaired) electrons. The van der Waals surface area contributed by atoms with E-state index in [1.807, 2.05) is 0 Å². The van der Waals surface area contributed by atoms with Gasteiger partial charge >= 0.3 is 0 Å². The molecule has 3 rings (SSSR count). The molecule has 0 aliphatic carbocycles. The Kier molecular flexibility index (Phi) is 2.64. The van der Waals surface area contributed by atoms with Crippen LogP contribution in [-0.2, 0) is 9.59 Å². The lowest BCUT2D eigenvalue weighted by Gasteiger charge is -2.28. The fraction of sp³-hybridized carbons (Fsp3) is 0.200. The van der Waals surface area contributed by atoms with Crippen LogP contribution in [0.15, 0.2) is 12.1 Å². The normalized spacial score (nSPS) is 16.2. The average molecular weight is 283 g/mol. The van der Waals surface area contributed by atoms with E-state index in [2.05, 4.69) is 14.1 Å². The molecule has 2 aromatic rings. The molecule has 1 saturated heterocycles. The van der Waals surface area contributed by atoms with Crippen molar-refractivity contribution < 1.29 is 9.59 Å². The highest BCUT2D eigenvalue weighted by atomic mass is 35.5. The highest BCUT2D eigenvalue weighted by Gasteiger charge is 2.26. The molecule has 1 fully saturated rings. The Morgan fingerprint density at radius 1 is 1.22 bits per heavy atom. The minimum atomic E-state index is -0.345. The molecule has 18 heavy (non-hydrogen) atoms. The number of benzene rings is 1. The van der Waals surface area contributed by atoms with Gasteiger partial charge in [0.15, 0.2) is 0 Å². The molecular formula is C10H7ClN4O2S. The van der Waals surface area contributed by atoms with Crippen LogP contribution in [-0.4, -0.2) is 33.7 Å². The molecule has 8 heteroatoms. The van der Waals surface area contributed by atoms with Gasteiger partial charge in [-0.25, -0.2) is 0 Å². The van der Waals surface area contributed by atoms with Crippen LogP contribution < -0.4 is 10.2 Å². The molecule has 0 spiro atoms. The van der Waals surface area contributed by atoms with Gasteiger partial charge in [0.25, 0.3) is 0 Å². The maximum absolute atomic E-state index is 11.4. The van der Waals surface area contributed by atoms with Crippen molar-refractivity contribution in [2.24, 2.45) is 0 Å². The molecule has 0 saturated carbocycles. The Balaban J connectivity index is 2.12. The van der Waals surface area contributed by atoms with Crippen molar-refractivity contribution in [3.63, 3.8) is 0 Å². The summed E-state index contributed by atoms with van der Waals surface area (Å²) < 4.78 is 8.28. The van der Waals surface area contributed by atoms with Gasteiger partial charge in [0, 0.05) is 0 Å². The Hall–Kier alpha value is -1.73. The number of amides is 2. The Bertz CT molecular complexity index is 640. The third kappa shape index (κ3) is 1.81. The molecule has 6 nitrogen and oxygen atoms in total. The SMILES string of the molecule is O=C1CN(c2c(Cl)ccc3nsnc23)CC(=O)N1. The van der Waals surface area contributed by atoms with Crippen molar-refractivity contribution in [3.8, 4) is 0 Å². The Labute approximate surface area is 111 Å². The van der Waals surface area contributed by atoms with E-state index in [9.17, 15) is 9.59 Å². The molecule has 1 N–H and O–H groups in total. The molecule has 1 aromatic heterocycles. The first kappa shape index (κ1) is 11.4. The molecule has 0 bridgehead atoms. The van der Waals surface area contributed by atoms with Gasteiger partial charge in [-0.3, -0.25) is 14.9 Å². The summed E-state index contributed by atoms with van der Waals surface area (Å²) in [6.45, 7) is 0.171. The molecule has 0 unspecified atom stereocenters. The average Bonchev–Trinajstić information content (AvgIpc) is 2.75. The fourth-order valence-electron chi connectivity index (χ4n) is 1.91. The van der Waals surface area contributed by atoms with Crippen molar-refractivity contribution in [2.75, 3.05) is 18.0 Å². The molecule has 2 heterocycles. The van der Waals surface area contributed by atoms with Crippen LogP contribution in [0.4, 0.5) is 5.69 Å². The number of nitrogens with one attached hydrogen (secondary N) is 1. The molecule has 0 atom stereocenters. The van der Waals surface area contributed by atoms with E-state index in [-0.39, 0.29) is 24.9 Å². The number of hydrogen-bond donors (Lipinski definition) is 1. The van der Waals surface area contributed by atoms with E-state index in [0.717, 1.165) is 11.7 Å². The van der Waals surface area contributed by atoms with E-state index in [1.165, 1.54) is 0 Å². The molecule has 1 aromatic carbocycles. The van der Waals surface area contributed by atoms with E-state index < -0.39 is 0 Å². The largest absolute Gasteiger partial charge is 0.350 e. The van der Waals surface area contributed by atoms with Crippen molar-refractivity contribution in [3.05, 3.63) is 17.2 Å². The van der Waals surface area contributed by atoms with Crippen LogP contribution in [0.1, 0.15) is 0 Å². The van der Waals surface area contributed by atoms with Crippen molar-refractivity contribution in [2.45, 2.75) is 0 Å². The number of carbonyl (C=O) groups is 2. The summed E-state index contributed by atoms with van der Waals surface area (Å²) in [7, 11) is 0. The molecular weight excluding hydrogens is 276 g/mol. The first-order chi connectivity index (χ1) is 8.65. The highest BCUT2D eigenvalue weighted by molar-refractivity contribution is 7.00. The smallest absolute Gasteiger partial charge is 0.246 e. The summed E-state index contributed by atoms with van der Waals surface area (Å²) in [6, 6.07) is 3.45. The summed E-state index contributed by atoms with van der Waals surface area (Å²) in [5, 5.41) is 2.70. The van der Waals surface area contributed by atoms with Gasteiger partial charge in [-0.2, -0.15) is 8.75 Å². The van der Waals surface area contributed by atoms with E-state index in [4.69, 9.17) is 11.6 Å². The maximum Gasteiger partial charge on any atom is 0.246 e. The predicted octanol–water partition coefficient (Wildman–Crippen LogP) is 0.807. The van der Waals surface area contributed by atoms with Gasteiger partial charge in [0.2, 0.25) is 11.8 Å². The third-order valence-corrected chi connectivity index (χ3v) is 3.46. The number of piperazine rings is 1. The monoisotopic (exact) mass is 282 g/mol. The second kappa shape index (κ2) is 4.18. The number of halogens is 1. The second-order valence-electron chi connectivity index (χ2n) is 3.86. The van der Waals surface area contributed by atoms with Crippen LogP contribution >= 0.6 is 23.3 Å². The van der Waals surface area contributed by atoms with Gasteiger partial charge in [-0.1, -0.05) is 11.6 Å². The summed E-state index contributed by atoms with van der Waals surface area (Å²) in [5.74, 6) is -0.690. The molecule has 92 valence electrons. The van der Waals surface area contributed by atoms with Crippen LogP contribution in [0.5, 0.6) is 0 Å². The predicted molar refractivity (Wildman–Crippen MR) is 67.8 cm³/mol. The minimum Gasteiger partial charge on any atom is -0.350 e. The lowest BCUT2D eigenvalue weighted by atomic mass is 10.2. The zero-order valence-corrected chi connectivity index (χ0v) is 10.6. The van der Waals surface area contributed by atoms with Gasteiger partial charge in [0.1, 0.15) is 11.0 Å². The minimum absolute atomic E-state index is 0.0854. The van der Waals surface area contributed by atoms with E-state index in [0.29, 0.717) is 21.7 Å². The number of rotatable bonds is 1. The summed E-state index contributed by atoms with van der Waals surface area (Å²) >= 11 is 7.21. The summed E-state index contributed by atoms with van der Waals surface area (Å²) in [5.41, 5.74) is 1.92.